The Morgan fingerprint density at radius 3 is 3.06 bits per heavy atom. The van der Waals surface area contributed by atoms with Gasteiger partial charge in [0, 0.05) is 19.4 Å². The van der Waals surface area contributed by atoms with Gasteiger partial charge in [-0.05, 0) is 17.7 Å². The Hall–Kier alpha value is -1.95. The van der Waals surface area contributed by atoms with Crippen LogP contribution in [0.2, 0.25) is 0 Å². The first-order valence-corrected chi connectivity index (χ1v) is 5.09. The van der Waals surface area contributed by atoms with Gasteiger partial charge in [0.25, 0.3) is 0 Å². The summed E-state index contributed by atoms with van der Waals surface area (Å²) in [6.45, 7) is 0.501. The molecule has 0 heterocycles. The van der Waals surface area contributed by atoms with E-state index in [1.54, 1.807) is 7.11 Å². The van der Waals surface area contributed by atoms with Crippen LogP contribution in [-0.2, 0) is 11.3 Å². The minimum Gasteiger partial charge on any atom is -0.497 e. The average Bonchev–Trinajstić information content (AvgIpc) is 2.34. The van der Waals surface area contributed by atoms with Gasteiger partial charge >= 0.3 is 0 Å². The lowest BCUT2D eigenvalue weighted by Gasteiger charge is -2.06. The maximum Gasteiger partial charge on any atom is 0.221 e. The first kappa shape index (κ1) is 12.1. The molecule has 16 heavy (non-hydrogen) atoms. The van der Waals surface area contributed by atoms with Crippen molar-refractivity contribution in [2.24, 2.45) is 0 Å². The van der Waals surface area contributed by atoms with Crippen molar-refractivity contribution in [3.63, 3.8) is 0 Å². The Bertz CT molecular complexity index is 393. The second-order valence-electron chi connectivity index (χ2n) is 3.33. The van der Waals surface area contributed by atoms with E-state index in [1.807, 2.05) is 24.3 Å². The van der Waals surface area contributed by atoms with Gasteiger partial charge in [0.2, 0.25) is 5.91 Å². The lowest BCUT2D eigenvalue weighted by Crippen LogP contribution is -2.22. The van der Waals surface area contributed by atoms with Crippen molar-refractivity contribution in [3.8, 4) is 18.1 Å². The fourth-order valence-electron chi connectivity index (χ4n) is 1.26. The number of carbonyl (C=O) groups is 1. The zero-order valence-electron chi connectivity index (χ0n) is 9.32. The highest BCUT2D eigenvalue weighted by Crippen LogP contribution is 2.12. The van der Waals surface area contributed by atoms with Gasteiger partial charge in [-0.15, -0.1) is 12.3 Å². The van der Waals surface area contributed by atoms with E-state index >= 15 is 0 Å². The Morgan fingerprint density at radius 1 is 1.56 bits per heavy atom. The Morgan fingerprint density at radius 2 is 2.38 bits per heavy atom. The third kappa shape index (κ3) is 4.05. The highest BCUT2D eigenvalue weighted by Gasteiger charge is 2.00. The number of ether oxygens (including phenoxy) is 1. The zero-order chi connectivity index (χ0) is 11.8. The summed E-state index contributed by atoms with van der Waals surface area (Å²) in [5, 5.41) is 2.80. The molecule has 0 saturated heterocycles. The molecule has 3 nitrogen and oxygen atoms in total. The summed E-state index contributed by atoms with van der Waals surface area (Å²) in [7, 11) is 1.62. The topological polar surface area (TPSA) is 38.3 Å². The number of benzene rings is 1. The van der Waals surface area contributed by atoms with E-state index in [4.69, 9.17) is 11.2 Å². The molecule has 0 saturated carbocycles. The molecular weight excluding hydrogens is 202 g/mol. The maximum absolute atomic E-state index is 11.3. The van der Waals surface area contributed by atoms with Crippen LogP contribution in [0.1, 0.15) is 18.4 Å². The van der Waals surface area contributed by atoms with Crippen molar-refractivity contribution in [2.45, 2.75) is 19.4 Å². The molecule has 0 aliphatic heterocycles. The molecule has 3 heteroatoms. The molecule has 1 amide bonds. The lowest BCUT2D eigenvalue weighted by atomic mass is 10.2. The molecule has 0 radical (unpaired) electrons. The van der Waals surface area contributed by atoms with Gasteiger partial charge in [-0.25, -0.2) is 0 Å². The summed E-state index contributed by atoms with van der Waals surface area (Å²) < 4.78 is 5.09. The minimum atomic E-state index is -0.0271. The van der Waals surface area contributed by atoms with Gasteiger partial charge in [-0.1, -0.05) is 12.1 Å². The van der Waals surface area contributed by atoms with Gasteiger partial charge < -0.3 is 10.1 Å². The molecule has 0 spiro atoms. The quantitative estimate of drug-likeness (QED) is 0.763. The van der Waals surface area contributed by atoms with Crippen LogP contribution in [0.3, 0.4) is 0 Å². The number of carbonyl (C=O) groups excluding carboxylic acids is 1. The molecule has 1 aromatic carbocycles. The third-order valence-corrected chi connectivity index (χ3v) is 2.12. The van der Waals surface area contributed by atoms with Gasteiger partial charge in [-0.2, -0.15) is 0 Å². The fraction of sp³-hybridized carbons (Fsp3) is 0.308. The predicted molar refractivity (Wildman–Crippen MR) is 62.9 cm³/mol. The monoisotopic (exact) mass is 217 g/mol. The highest BCUT2D eigenvalue weighted by atomic mass is 16.5. The molecule has 0 aliphatic rings. The summed E-state index contributed by atoms with van der Waals surface area (Å²) in [5.41, 5.74) is 1.01. The Kier molecular flexibility index (Phi) is 4.94. The van der Waals surface area contributed by atoms with Crippen LogP contribution in [-0.4, -0.2) is 13.0 Å². The maximum atomic E-state index is 11.3. The summed E-state index contributed by atoms with van der Waals surface area (Å²) in [6, 6.07) is 7.58. The number of terminal acetylenes is 1. The average molecular weight is 217 g/mol. The molecule has 0 unspecified atom stereocenters. The molecule has 0 fully saturated rings. The zero-order valence-corrected chi connectivity index (χ0v) is 9.32. The largest absolute Gasteiger partial charge is 0.497 e. The number of hydrogen-bond acceptors (Lipinski definition) is 2. The standard InChI is InChI=1S/C13H15NO2/c1-3-4-8-13(15)14-10-11-6-5-7-12(9-11)16-2/h1,5-7,9H,4,8,10H2,2H3,(H,14,15). The third-order valence-electron chi connectivity index (χ3n) is 2.12. The summed E-state index contributed by atoms with van der Waals surface area (Å²) in [5.74, 6) is 3.19. The summed E-state index contributed by atoms with van der Waals surface area (Å²) in [4.78, 5) is 11.3. The summed E-state index contributed by atoms with van der Waals surface area (Å²) >= 11 is 0. The molecule has 1 aromatic rings. The van der Waals surface area contributed by atoms with Crippen molar-refractivity contribution in [1.29, 1.82) is 0 Å². The number of rotatable bonds is 5. The van der Waals surface area contributed by atoms with Crippen LogP contribution < -0.4 is 10.1 Å². The fourth-order valence-corrected chi connectivity index (χ4v) is 1.26. The summed E-state index contributed by atoms with van der Waals surface area (Å²) in [6.07, 6.45) is 5.93. The van der Waals surface area contributed by atoms with Crippen molar-refractivity contribution in [3.05, 3.63) is 29.8 Å². The van der Waals surface area contributed by atoms with E-state index < -0.39 is 0 Å². The molecular formula is C13H15NO2. The smallest absolute Gasteiger partial charge is 0.221 e. The number of nitrogens with one attached hydrogen (secondary N) is 1. The van der Waals surface area contributed by atoms with Crippen LogP contribution in [0, 0.1) is 12.3 Å². The first-order valence-electron chi connectivity index (χ1n) is 5.09. The van der Waals surface area contributed by atoms with Crippen LogP contribution in [0.4, 0.5) is 0 Å². The highest BCUT2D eigenvalue weighted by molar-refractivity contribution is 5.76. The van der Waals surface area contributed by atoms with Crippen molar-refractivity contribution in [2.75, 3.05) is 7.11 Å². The van der Waals surface area contributed by atoms with E-state index in [-0.39, 0.29) is 5.91 Å². The predicted octanol–water partition coefficient (Wildman–Crippen LogP) is 1.72. The van der Waals surface area contributed by atoms with Crippen LogP contribution in [0.15, 0.2) is 24.3 Å². The normalized spacial score (nSPS) is 9.25. The molecule has 84 valence electrons. The lowest BCUT2D eigenvalue weighted by molar-refractivity contribution is -0.121. The number of methoxy groups -OCH3 is 1. The van der Waals surface area contributed by atoms with E-state index in [0.717, 1.165) is 11.3 Å². The second kappa shape index (κ2) is 6.52. The number of hydrogen-bond donors (Lipinski definition) is 1. The van der Waals surface area contributed by atoms with E-state index in [9.17, 15) is 4.79 Å². The molecule has 1 N–H and O–H groups in total. The van der Waals surface area contributed by atoms with Gasteiger partial charge in [0.15, 0.2) is 0 Å². The van der Waals surface area contributed by atoms with E-state index in [1.165, 1.54) is 0 Å². The SMILES string of the molecule is C#CCCC(=O)NCc1cccc(OC)c1. The molecule has 0 bridgehead atoms. The van der Waals surface area contributed by atoms with E-state index in [0.29, 0.717) is 19.4 Å². The second-order valence-corrected chi connectivity index (χ2v) is 3.33. The Balaban J connectivity index is 2.42. The van der Waals surface area contributed by atoms with Gasteiger partial charge in [0.1, 0.15) is 5.75 Å². The van der Waals surface area contributed by atoms with Gasteiger partial charge in [-0.3, -0.25) is 4.79 Å². The molecule has 0 aromatic heterocycles. The number of amides is 1. The van der Waals surface area contributed by atoms with Crippen LogP contribution in [0.25, 0.3) is 0 Å². The Labute approximate surface area is 95.8 Å². The molecule has 0 atom stereocenters. The van der Waals surface area contributed by atoms with Crippen molar-refractivity contribution >= 4 is 5.91 Å². The minimum absolute atomic E-state index is 0.0271. The first-order chi connectivity index (χ1) is 7.76. The molecule has 0 aliphatic carbocycles. The molecule has 1 rings (SSSR count). The van der Waals surface area contributed by atoms with Crippen LogP contribution in [0.5, 0.6) is 5.75 Å². The van der Waals surface area contributed by atoms with Crippen molar-refractivity contribution < 1.29 is 9.53 Å². The van der Waals surface area contributed by atoms with Crippen LogP contribution >= 0.6 is 0 Å². The van der Waals surface area contributed by atoms with E-state index in [2.05, 4.69) is 11.2 Å². The van der Waals surface area contributed by atoms with Gasteiger partial charge in [0.05, 0.1) is 7.11 Å². The van der Waals surface area contributed by atoms with Crippen molar-refractivity contribution in [1.82, 2.24) is 5.32 Å².